The minimum absolute atomic E-state index is 0.110. The zero-order chi connectivity index (χ0) is 21.3. The summed E-state index contributed by atoms with van der Waals surface area (Å²) in [5, 5.41) is 13.3. The third kappa shape index (κ3) is 3.61. The molecule has 1 aliphatic rings. The number of morpholine rings is 1. The number of fused-ring (bicyclic) bond motifs is 1. The van der Waals surface area contributed by atoms with E-state index >= 15 is 0 Å². The van der Waals surface area contributed by atoms with Crippen LogP contribution in [-0.2, 0) is 11.8 Å². The van der Waals surface area contributed by atoms with Crippen LogP contribution in [0, 0.1) is 0 Å². The fourth-order valence-corrected chi connectivity index (χ4v) is 3.81. The van der Waals surface area contributed by atoms with E-state index in [4.69, 9.17) is 9.72 Å². The zero-order valence-corrected chi connectivity index (χ0v) is 17.0. The largest absolute Gasteiger partial charge is 0.478 e. The number of rotatable bonds is 5. The molecule has 0 bridgehead atoms. The highest BCUT2D eigenvalue weighted by atomic mass is 16.5. The van der Waals surface area contributed by atoms with E-state index in [1.165, 1.54) is 0 Å². The van der Waals surface area contributed by atoms with Crippen LogP contribution in [0.1, 0.15) is 28.9 Å². The average molecular weight is 408 g/mol. The Morgan fingerprint density at radius 3 is 2.63 bits per heavy atom. The summed E-state index contributed by atoms with van der Waals surface area (Å²) in [6.45, 7) is 4.47. The molecule has 8 nitrogen and oxygen atoms in total. The molecule has 3 aromatic rings. The molecule has 1 aromatic heterocycles. The maximum Gasteiger partial charge on any atom is 0.337 e. The topological polar surface area (TPSA) is 96.7 Å². The van der Waals surface area contributed by atoms with Gasteiger partial charge in [0.15, 0.2) is 0 Å². The number of hydrogen-bond acceptors (Lipinski definition) is 6. The van der Waals surface area contributed by atoms with Crippen molar-refractivity contribution >= 4 is 28.5 Å². The summed E-state index contributed by atoms with van der Waals surface area (Å²) in [6, 6.07) is 12.0. The van der Waals surface area contributed by atoms with Crippen LogP contribution in [-0.4, -0.2) is 46.9 Å². The number of nitrogens with one attached hydrogen (secondary N) is 1. The van der Waals surface area contributed by atoms with Crippen molar-refractivity contribution in [1.82, 2.24) is 9.55 Å². The van der Waals surface area contributed by atoms with Crippen LogP contribution in [0.5, 0.6) is 0 Å². The minimum Gasteiger partial charge on any atom is -0.478 e. The SMILES string of the molecule is CC(Nc1ccccc1C(=O)O)c1cccc2c(=O)n(C)c(N3CCOCC3)nc12. The number of hydrogen-bond donors (Lipinski definition) is 2. The lowest BCUT2D eigenvalue weighted by Crippen LogP contribution is -2.40. The van der Waals surface area contributed by atoms with E-state index in [0.29, 0.717) is 48.8 Å². The van der Waals surface area contributed by atoms with Gasteiger partial charge in [0.1, 0.15) is 0 Å². The molecule has 0 aliphatic carbocycles. The van der Waals surface area contributed by atoms with Crippen molar-refractivity contribution in [2.75, 3.05) is 36.5 Å². The average Bonchev–Trinajstić information content (AvgIpc) is 2.76. The predicted octanol–water partition coefficient (Wildman–Crippen LogP) is 2.64. The summed E-state index contributed by atoms with van der Waals surface area (Å²) < 4.78 is 7.00. The van der Waals surface area contributed by atoms with E-state index in [0.717, 1.165) is 5.56 Å². The summed E-state index contributed by atoms with van der Waals surface area (Å²) in [6.07, 6.45) is 0. The third-order valence-electron chi connectivity index (χ3n) is 5.40. The molecule has 0 radical (unpaired) electrons. The Morgan fingerprint density at radius 2 is 1.90 bits per heavy atom. The van der Waals surface area contributed by atoms with Crippen LogP contribution >= 0.6 is 0 Å². The third-order valence-corrected chi connectivity index (χ3v) is 5.40. The molecule has 1 unspecified atom stereocenters. The number of benzene rings is 2. The zero-order valence-electron chi connectivity index (χ0n) is 17.0. The number of nitrogens with zero attached hydrogens (tertiary/aromatic N) is 3. The van der Waals surface area contributed by atoms with Gasteiger partial charge in [-0.25, -0.2) is 9.78 Å². The van der Waals surface area contributed by atoms with E-state index in [-0.39, 0.29) is 17.2 Å². The number of anilines is 2. The smallest absolute Gasteiger partial charge is 0.337 e. The van der Waals surface area contributed by atoms with Gasteiger partial charge in [-0.3, -0.25) is 9.36 Å². The Balaban J connectivity index is 1.78. The molecule has 1 saturated heterocycles. The van der Waals surface area contributed by atoms with E-state index in [1.54, 1.807) is 41.9 Å². The molecule has 0 amide bonds. The van der Waals surface area contributed by atoms with Gasteiger partial charge in [0.2, 0.25) is 5.95 Å². The van der Waals surface area contributed by atoms with Crippen LogP contribution in [0.15, 0.2) is 47.3 Å². The van der Waals surface area contributed by atoms with Crippen molar-refractivity contribution in [3.8, 4) is 0 Å². The summed E-state index contributed by atoms with van der Waals surface area (Å²) in [5.74, 6) is -0.383. The Labute approximate surface area is 173 Å². The molecule has 156 valence electrons. The lowest BCUT2D eigenvalue weighted by atomic mass is 10.0. The highest BCUT2D eigenvalue weighted by Crippen LogP contribution is 2.27. The molecule has 1 aliphatic heterocycles. The molecular weight excluding hydrogens is 384 g/mol. The summed E-state index contributed by atoms with van der Waals surface area (Å²) in [5.41, 5.74) is 2.06. The quantitative estimate of drug-likeness (QED) is 0.670. The van der Waals surface area contributed by atoms with Crippen molar-refractivity contribution in [1.29, 1.82) is 0 Å². The number of carbonyl (C=O) groups is 1. The molecule has 30 heavy (non-hydrogen) atoms. The highest BCUT2D eigenvalue weighted by Gasteiger charge is 2.21. The first-order valence-corrected chi connectivity index (χ1v) is 9.88. The van der Waals surface area contributed by atoms with Crippen LogP contribution in [0.3, 0.4) is 0 Å². The fraction of sp³-hybridized carbons (Fsp3) is 0.318. The lowest BCUT2D eigenvalue weighted by molar-refractivity contribution is 0.0698. The molecule has 0 spiro atoms. The molecule has 2 N–H and O–H groups in total. The van der Waals surface area contributed by atoms with Gasteiger partial charge in [0, 0.05) is 31.4 Å². The number of para-hydroxylation sites is 2. The van der Waals surface area contributed by atoms with Gasteiger partial charge in [-0.2, -0.15) is 0 Å². The maximum atomic E-state index is 13.0. The highest BCUT2D eigenvalue weighted by molar-refractivity contribution is 5.94. The second-order valence-corrected chi connectivity index (χ2v) is 7.34. The van der Waals surface area contributed by atoms with Crippen LogP contribution < -0.4 is 15.8 Å². The standard InChI is InChI=1S/C22H24N4O4/c1-14(23-18-9-4-3-6-16(18)21(28)29)15-7-5-8-17-19(15)24-22(25(2)20(17)27)26-10-12-30-13-11-26/h3-9,14,23H,10-13H2,1-2H3,(H,28,29). The van der Waals surface area contributed by atoms with Gasteiger partial charge in [-0.05, 0) is 25.1 Å². The first-order chi connectivity index (χ1) is 14.5. The van der Waals surface area contributed by atoms with Gasteiger partial charge in [-0.15, -0.1) is 0 Å². The van der Waals surface area contributed by atoms with Gasteiger partial charge < -0.3 is 20.1 Å². The molecule has 1 atom stereocenters. The van der Waals surface area contributed by atoms with E-state index in [9.17, 15) is 14.7 Å². The van der Waals surface area contributed by atoms with Gasteiger partial charge in [0.05, 0.1) is 35.7 Å². The lowest BCUT2D eigenvalue weighted by Gasteiger charge is -2.29. The van der Waals surface area contributed by atoms with Crippen molar-refractivity contribution in [3.63, 3.8) is 0 Å². The van der Waals surface area contributed by atoms with Crippen LogP contribution in [0.2, 0.25) is 0 Å². The molecule has 0 saturated carbocycles. The first-order valence-electron chi connectivity index (χ1n) is 9.88. The van der Waals surface area contributed by atoms with Crippen molar-refractivity contribution in [2.24, 2.45) is 7.05 Å². The normalized spacial score (nSPS) is 15.2. The van der Waals surface area contributed by atoms with Crippen molar-refractivity contribution < 1.29 is 14.6 Å². The maximum absolute atomic E-state index is 13.0. The van der Waals surface area contributed by atoms with E-state index in [1.807, 2.05) is 19.1 Å². The minimum atomic E-state index is -0.996. The van der Waals surface area contributed by atoms with E-state index in [2.05, 4.69) is 10.2 Å². The number of aromatic nitrogens is 2. The predicted molar refractivity (Wildman–Crippen MR) is 115 cm³/mol. The van der Waals surface area contributed by atoms with Gasteiger partial charge >= 0.3 is 5.97 Å². The summed E-state index contributed by atoms with van der Waals surface area (Å²) in [4.78, 5) is 31.5. The summed E-state index contributed by atoms with van der Waals surface area (Å²) >= 11 is 0. The second kappa shape index (κ2) is 8.16. The molecule has 8 heteroatoms. The van der Waals surface area contributed by atoms with Crippen molar-refractivity contribution in [3.05, 3.63) is 63.9 Å². The Bertz CT molecular complexity index is 1150. The molecule has 2 aromatic carbocycles. The number of ether oxygens (including phenoxy) is 1. The Hall–Kier alpha value is -3.39. The van der Waals surface area contributed by atoms with Crippen LogP contribution in [0.25, 0.3) is 10.9 Å². The van der Waals surface area contributed by atoms with Gasteiger partial charge in [0.25, 0.3) is 5.56 Å². The van der Waals surface area contributed by atoms with Crippen LogP contribution in [0.4, 0.5) is 11.6 Å². The number of aromatic carboxylic acids is 1. The monoisotopic (exact) mass is 408 g/mol. The Morgan fingerprint density at radius 1 is 1.17 bits per heavy atom. The van der Waals surface area contributed by atoms with Crippen molar-refractivity contribution in [2.45, 2.75) is 13.0 Å². The van der Waals surface area contributed by atoms with E-state index < -0.39 is 5.97 Å². The molecular formula is C22H24N4O4. The molecule has 4 rings (SSSR count). The number of carboxylic acid groups (broad SMARTS) is 1. The fourth-order valence-electron chi connectivity index (χ4n) is 3.81. The molecule has 2 heterocycles. The van der Waals surface area contributed by atoms with Gasteiger partial charge in [-0.1, -0.05) is 24.3 Å². The second-order valence-electron chi connectivity index (χ2n) is 7.34. The Kier molecular flexibility index (Phi) is 5.41. The summed E-state index contributed by atoms with van der Waals surface area (Å²) in [7, 11) is 1.73. The molecule has 1 fully saturated rings. The number of carboxylic acids is 1. The first kappa shape index (κ1) is 19.9.